The van der Waals surface area contributed by atoms with Crippen molar-refractivity contribution in [3.05, 3.63) is 0 Å². The van der Waals surface area contributed by atoms with Crippen LogP contribution in [0.5, 0.6) is 0 Å². The summed E-state index contributed by atoms with van der Waals surface area (Å²) in [5.74, 6) is 0.266. The van der Waals surface area contributed by atoms with E-state index in [0.29, 0.717) is 6.54 Å². The maximum atomic E-state index is 10.7. The molecule has 10 heavy (non-hydrogen) atoms. The third-order valence-corrected chi connectivity index (χ3v) is 1.43. The van der Waals surface area contributed by atoms with Gasteiger partial charge in [-0.25, -0.2) is 0 Å². The number of rotatable bonds is 0. The highest BCUT2D eigenvalue weighted by molar-refractivity contribution is 6.02. The Hall–Kier alpha value is -0.770. The fraction of sp³-hybridized carbons (Fsp3) is 0.600. The van der Waals surface area contributed by atoms with Crippen LogP contribution in [0.1, 0.15) is 0 Å². The largest absolute Gasteiger partial charge is 0.336 e. The summed E-state index contributed by atoms with van der Waals surface area (Å²) in [6, 6.07) is 0. The number of halogens is 1. The van der Waals surface area contributed by atoms with E-state index in [1.807, 2.05) is 0 Å². The second-order valence-electron chi connectivity index (χ2n) is 2.13. The van der Waals surface area contributed by atoms with Gasteiger partial charge >= 0.3 is 0 Å². The molecule has 0 saturated carbocycles. The predicted octanol–water partition coefficient (Wildman–Crippen LogP) is -0.253. The highest BCUT2D eigenvalue weighted by Crippen LogP contribution is 2.01. The molecule has 1 heterocycles. The molecule has 0 radical (unpaired) electrons. The molecule has 58 valence electrons. The molecule has 5 heteroatoms. The smallest absolute Gasteiger partial charge is 0.248 e. The molecule has 1 amide bonds. The van der Waals surface area contributed by atoms with Crippen LogP contribution in [0.15, 0.2) is 0 Å². The maximum absolute atomic E-state index is 10.7. The number of hydrogen-bond donors (Lipinski definition) is 1. The lowest BCUT2D eigenvalue weighted by Crippen LogP contribution is -2.27. The topological polar surface area (TPSA) is 47.4 Å². The maximum Gasteiger partial charge on any atom is 0.248 e. The van der Waals surface area contributed by atoms with Crippen LogP contribution in [0.4, 0.5) is 0 Å². The van der Waals surface area contributed by atoms with Crippen LogP contribution in [-0.4, -0.2) is 42.3 Å². The zero-order valence-corrected chi connectivity index (χ0v) is 6.73. The molecule has 1 rings (SSSR count). The number of nitrogens with one attached hydrogen (secondary N) is 1. The van der Waals surface area contributed by atoms with Crippen LogP contribution in [0.25, 0.3) is 0 Å². The summed E-state index contributed by atoms with van der Waals surface area (Å²) in [5, 5.41) is 7.22. The van der Waals surface area contributed by atoms with Gasteiger partial charge in [-0.05, 0) is 0 Å². The van der Waals surface area contributed by atoms with E-state index < -0.39 is 0 Å². The first-order chi connectivity index (χ1) is 4.13. The average molecular weight is 164 g/mol. The molecular formula is C5H10ClN3O. The summed E-state index contributed by atoms with van der Waals surface area (Å²) in [7, 11) is 3.33. The first kappa shape index (κ1) is 9.23. The van der Waals surface area contributed by atoms with Crippen molar-refractivity contribution in [3.63, 3.8) is 0 Å². The number of likely N-dealkylation sites (N-methyl/N-ethyl adjacent to an activating group) is 2. The van der Waals surface area contributed by atoms with E-state index in [0.717, 1.165) is 0 Å². The molecular weight excluding hydrogens is 154 g/mol. The Kier molecular flexibility index (Phi) is 2.65. The number of nitrogens with zero attached hydrogens (tertiary/aromatic N) is 2. The summed E-state index contributed by atoms with van der Waals surface area (Å²) in [6.45, 7) is 0.343. The molecule has 0 aromatic heterocycles. The van der Waals surface area contributed by atoms with Crippen molar-refractivity contribution < 1.29 is 4.79 Å². The number of carbonyl (C=O) groups is 1. The first-order valence-corrected chi connectivity index (χ1v) is 2.69. The lowest BCUT2D eigenvalue weighted by Gasteiger charge is -2.09. The molecule has 0 unspecified atom stereocenters. The fourth-order valence-electron chi connectivity index (χ4n) is 0.758. The highest BCUT2D eigenvalue weighted by atomic mass is 35.5. The van der Waals surface area contributed by atoms with Gasteiger partial charge in [0, 0.05) is 14.1 Å². The average Bonchev–Trinajstić information content (AvgIpc) is 1.98. The van der Waals surface area contributed by atoms with Crippen molar-refractivity contribution in [2.45, 2.75) is 0 Å². The lowest BCUT2D eigenvalue weighted by atomic mass is 10.6. The van der Waals surface area contributed by atoms with Gasteiger partial charge in [-0.15, -0.1) is 12.4 Å². The number of guanidine groups is 1. The van der Waals surface area contributed by atoms with E-state index in [1.54, 1.807) is 19.0 Å². The molecule has 0 aromatic rings. The van der Waals surface area contributed by atoms with Gasteiger partial charge in [0.25, 0.3) is 0 Å². The van der Waals surface area contributed by atoms with E-state index in [1.165, 1.54) is 4.90 Å². The Labute approximate surface area is 65.7 Å². The van der Waals surface area contributed by atoms with Gasteiger partial charge in [-0.3, -0.25) is 15.1 Å². The third-order valence-electron chi connectivity index (χ3n) is 1.43. The van der Waals surface area contributed by atoms with Crippen molar-refractivity contribution in [2.75, 3.05) is 20.6 Å². The van der Waals surface area contributed by atoms with Gasteiger partial charge in [0.2, 0.25) is 11.9 Å². The summed E-state index contributed by atoms with van der Waals surface area (Å²) in [6.07, 6.45) is 0. The summed E-state index contributed by atoms with van der Waals surface area (Å²) >= 11 is 0. The zero-order valence-electron chi connectivity index (χ0n) is 5.92. The van der Waals surface area contributed by atoms with Gasteiger partial charge in [0.1, 0.15) is 0 Å². The Morgan fingerprint density at radius 2 is 2.00 bits per heavy atom. The van der Waals surface area contributed by atoms with Crippen LogP contribution in [0.2, 0.25) is 0 Å². The molecule has 0 aromatic carbocycles. The zero-order chi connectivity index (χ0) is 7.02. The Morgan fingerprint density at radius 3 is 2.10 bits per heavy atom. The molecule has 1 saturated heterocycles. The monoisotopic (exact) mass is 163 g/mol. The quantitative estimate of drug-likeness (QED) is 0.535. The van der Waals surface area contributed by atoms with Crippen LogP contribution in [0.3, 0.4) is 0 Å². The predicted molar refractivity (Wildman–Crippen MR) is 40.4 cm³/mol. The van der Waals surface area contributed by atoms with Gasteiger partial charge in [-0.2, -0.15) is 0 Å². The van der Waals surface area contributed by atoms with E-state index >= 15 is 0 Å². The van der Waals surface area contributed by atoms with Crippen molar-refractivity contribution in [2.24, 2.45) is 0 Å². The molecule has 0 spiro atoms. The number of carbonyl (C=O) groups excluding carboxylic acids is 1. The lowest BCUT2D eigenvalue weighted by molar-refractivity contribution is -0.124. The Balaban J connectivity index is 0.000000810. The second-order valence-corrected chi connectivity index (χ2v) is 2.13. The molecule has 1 N–H and O–H groups in total. The van der Waals surface area contributed by atoms with Gasteiger partial charge in [0.05, 0.1) is 6.54 Å². The van der Waals surface area contributed by atoms with Crippen LogP contribution < -0.4 is 0 Å². The summed E-state index contributed by atoms with van der Waals surface area (Å²) < 4.78 is 0. The standard InChI is InChI=1S/C5H9N3O.ClH/c1-7-3-4(9)8(2)5(7)6;/h6H,3H2,1-2H3;1H. The SMILES string of the molecule is CN1CC(=O)N(C)C1=N.Cl. The Bertz CT molecular complexity index is 170. The minimum Gasteiger partial charge on any atom is -0.336 e. The molecule has 1 fully saturated rings. The minimum absolute atomic E-state index is 0. The normalized spacial score (nSPS) is 17.8. The van der Waals surface area contributed by atoms with Crippen LogP contribution >= 0.6 is 12.4 Å². The molecule has 0 atom stereocenters. The number of amides is 1. The fourth-order valence-corrected chi connectivity index (χ4v) is 0.758. The molecule has 4 nitrogen and oxygen atoms in total. The molecule has 1 aliphatic rings. The van der Waals surface area contributed by atoms with E-state index in [4.69, 9.17) is 5.41 Å². The highest BCUT2D eigenvalue weighted by Gasteiger charge is 2.26. The first-order valence-electron chi connectivity index (χ1n) is 2.69. The van der Waals surface area contributed by atoms with Crippen molar-refractivity contribution in [3.8, 4) is 0 Å². The third kappa shape index (κ3) is 1.21. The van der Waals surface area contributed by atoms with E-state index in [9.17, 15) is 4.79 Å². The molecule has 1 aliphatic heterocycles. The number of hydrogen-bond acceptors (Lipinski definition) is 2. The molecule has 0 bridgehead atoms. The van der Waals surface area contributed by atoms with Gasteiger partial charge < -0.3 is 4.90 Å². The van der Waals surface area contributed by atoms with E-state index in [-0.39, 0.29) is 24.3 Å². The minimum atomic E-state index is -0.0116. The molecule has 0 aliphatic carbocycles. The van der Waals surface area contributed by atoms with Crippen molar-refractivity contribution in [1.29, 1.82) is 5.41 Å². The Morgan fingerprint density at radius 1 is 1.50 bits per heavy atom. The summed E-state index contributed by atoms with van der Waals surface area (Å²) in [4.78, 5) is 13.7. The second kappa shape index (κ2) is 2.88. The van der Waals surface area contributed by atoms with Crippen molar-refractivity contribution >= 4 is 24.3 Å². The van der Waals surface area contributed by atoms with E-state index in [2.05, 4.69) is 0 Å². The van der Waals surface area contributed by atoms with Crippen LogP contribution in [-0.2, 0) is 4.79 Å². The van der Waals surface area contributed by atoms with Gasteiger partial charge in [-0.1, -0.05) is 0 Å². The van der Waals surface area contributed by atoms with Crippen molar-refractivity contribution in [1.82, 2.24) is 9.80 Å². The van der Waals surface area contributed by atoms with Crippen LogP contribution in [0, 0.1) is 5.41 Å². The van der Waals surface area contributed by atoms with Gasteiger partial charge in [0.15, 0.2) is 0 Å². The summed E-state index contributed by atoms with van der Waals surface area (Å²) in [5.41, 5.74) is 0.